The van der Waals surface area contributed by atoms with Crippen LogP contribution < -0.4 is 5.48 Å². The van der Waals surface area contributed by atoms with Gasteiger partial charge in [-0.1, -0.05) is 20.8 Å². The summed E-state index contributed by atoms with van der Waals surface area (Å²) in [6, 6.07) is 0. The molecule has 3 nitrogen and oxygen atoms in total. The van der Waals surface area contributed by atoms with Crippen LogP contribution in [0, 0.1) is 5.92 Å². The number of carbonyl (C=O) groups is 1. The maximum Gasteiger partial charge on any atom is 0.324 e. The van der Waals surface area contributed by atoms with Gasteiger partial charge in [0.15, 0.2) is 0 Å². The number of hydroxylamine groups is 1. The molecule has 0 atom stereocenters. The van der Waals surface area contributed by atoms with E-state index < -0.39 is 0 Å². The van der Waals surface area contributed by atoms with Crippen LogP contribution in [0.3, 0.4) is 0 Å². The molecule has 0 heterocycles. The zero-order valence-electron chi connectivity index (χ0n) is 7.52. The van der Waals surface area contributed by atoms with Gasteiger partial charge in [0.1, 0.15) is 0 Å². The van der Waals surface area contributed by atoms with Gasteiger partial charge in [-0.2, -0.15) is 5.48 Å². The third-order valence-corrected chi connectivity index (χ3v) is 1.13. The fourth-order valence-corrected chi connectivity index (χ4v) is 0.544. The Morgan fingerprint density at radius 3 is 2.64 bits per heavy atom. The Morgan fingerprint density at radius 2 is 2.18 bits per heavy atom. The Labute approximate surface area is 68.1 Å². The van der Waals surface area contributed by atoms with Crippen molar-refractivity contribution < 1.29 is 9.63 Å². The highest BCUT2D eigenvalue weighted by Crippen LogP contribution is 1.90. The lowest BCUT2D eigenvalue weighted by molar-refractivity contribution is -0.151. The van der Waals surface area contributed by atoms with Gasteiger partial charge in [0.25, 0.3) is 0 Å². The first-order valence-corrected chi connectivity index (χ1v) is 4.09. The van der Waals surface area contributed by atoms with Gasteiger partial charge in [-0.25, -0.2) is 0 Å². The quantitative estimate of drug-likeness (QED) is 0.618. The van der Waals surface area contributed by atoms with Gasteiger partial charge in [-0.3, -0.25) is 4.79 Å². The third kappa shape index (κ3) is 7.33. The molecule has 0 aromatic carbocycles. The number of hydrogen-bond acceptors (Lipinski definition) is 3. The van der Waals surface area contributed by atoms with Gasteiger partial charge in [-0.15, -0.1) is 0 Å². The summed E-state index contributed by atoms with van der Waals surface area (Å²) in [5.74, 6) is 0.331. The van der Waals surface area contributed by atoms with Crippen LogP contribution in [0.4, 0.5) is 0 Å². The SMILES string of the molecule is CCCC(=O)ONCC(C)C. The lowest BCUT2D eigenvalue weighted by Gasteiger charge is -2.06. The molecule has 0 spiro atoms. The van der Waals surface area contributed by atoms with Crippen molar-refractivity contribution in [3.8, 4) is 0 Å². The Hall–Kier alpha value is -0.570. The molecular weight excluding hydrogens is 142 g/mol. The summed E-state index contributed by atoms with van der Waals surface area (Å²) in [4.78, 5) is 15.4. The summed E-state index contributed by atoms with van der Waals surface area (Å²) in [7, 11) is 0. The second kappa shape index (κ2) is 6.16. The topological polar surface area (TPSA) is 38.3 Å². The Balaban J connectivity index is 3.17. The average Bonchev–Trinajstić information content (AvgIpc) is 1.87. The zero-order valence-corrected chi connectivity index (χ0v) is 7.52. The monoisotopic (exact) mass is 159 g/mol. The number of hydrogen-bond donors (Lipinski definition) is 1. The summed E-state index contributed by atoms with van der Waals surface area (Å²) in [6.07, 6.45) is 1.33. The van der Waals surface area contributed by atoms with E-state index >= 15 is 0 Å². The summed E-state index contributed by atoms with van der Waals surface area (Å²) in [6.45, 7) is 6.78. The maximum absolute atomic E-state index is 10.7. The van der Waals surface area contributed by atoms with E-state index in [2.05, 4.69) is 19.3 Å². The largest absolute Gasteiger partial charge is 0.371 e. The summed E-state index contributed by atoms with van der Waals surface area (Å²) in [5, 5.41) is 0. The molecule has 0 rings (SSSR count). The van der Waals surface area contributed by atoms with Crippen LogP contribution in [-0.4, -0.2) is 12.5 Å². The van der Waals surface area contributed by atoms with Crippen molar-refractivity contribution in [2.24, 2.45) is 5.92 Å². The molecule has 0 unspecified atom stereocenters. The van der Waals surface area contributed by atoms with Gasteiger partial charge in [0.2, 0.25) is 0 Å². The van der Waals surface area contributed by atoms with Crippen LogP contribution in [-0.2, 0) is 9.63 Å². The molecule has 0 bridgehead atoms. The normalized spacial score (nSPS) is 10.2. The van der Waals surface area contributed by atoms with E-state index in [1.807, 2.05) is 6.92 Å². The van der Waals surface area contributed by atoms with E-state index in [9.17, 15) is 4.79 Å². The van der Waals surface area contributed by atoms with E-state index in [0.29, 0.717) is 12.3 Å². The molecule has 0 aliphatic carbocycles. The van der Waals surface area contributed by atoms with Crippen molar-refractivity contribution >= 4 is 5.97 Å². The first-order valence-electron chi connectivity index (χ1n) is 4.09. The third-order valence-electron chi connectivity index (χ3n) is 1.13. The van der Waals surface area contributed by atoms with E-state index in [4.69, 9.17) is 4.84 Å². The smallest absolute Gasteiger partial charge is 0.324 e. The van der Waals surface area contributed by atoms with Gasteiger partial charge in [-0.05, 0) is 12.3 Å². The second-order valence-electron chi connectivity index (χ2n) is 2.97. The van der Waals surface area contributed by atoms with Gasteiger partial charge < -0.3 is 4.84 Å². The molecule has 0 saturated heterocycles. The molecule has 11 heavy (non-hydrogen) atoms. The van der Waals surface area contributed by atoms with Crippen LogP contribution in [0.5, 0.6) is 0 Å². The molecule has 0 aliphatic rings. The van der Waals surface area contributed by atoms with Crippen LogP contribution >= 0.6 is 0 Å². The minimum Gasteiger partial charge on any atom is -0.371 e. The molecule has 0 fully saturated rings. The summed E-state index contributed by atoms with van der Waals surface area (Å²) >= 11 is 0. The average molecular weight is 159 g/mol. The lowest BCUT2D eigenvalue weighted by Crippen LogP contribution is -2.23. The molecule has 66 valence electrons. The molecule has 0 amide bonds. The van der Waals surface area contributed by atoms with Crippen LogP contribution in [0.1, 0.15) is 33.6 Å². The standard InChI is InChI=1S/C8H17NO2/c1-4-5-8(10)11-9-6-7(2)3/h7,9H,4-6H2,1-3H3. The van der Waals surface area contributed by atoms with Crippen molar-refractivity contribution in [3.05, 3.63) is 0 Å². The Bertz CT molecular complexity index is 113. The number of rotatable bonds is 5. The predicted octanol–water partition coefficient (Wildman–Crippen LogP) is 1.49. The molecular formula is C8H17NO2. The van der Waals surface area contributed by atoms with Crippen LogP contribution in [0.15, 0.2) is 0 Å². The minimum atomic E-state index is -0.173. The fourth-order valence-electron chi connectivity index (χ4n) is 0.544. The van der Waals surface area contributed by atoms with Crippen molar-refractivity contribution in [2.45, 2.75) is 33.6 Å². The summed E-state index contributed by atoms with van der Waals surface area (Å²) < 4.78 is 0. The highest BCUT2D eigenvalue weighted by Gasteiger charge is 2.00. The maximum atomic E-state index is 10.7. The Kier molecular flexibility index (Phi) is 5.84. The Morgan fingerprint density at radius 1 is 1.55 bits per heavy atom. The molecule has 0 aromatic heterocycles. The second-order valence-corrected chi connectivity index (χ2v) is 2.97. The zero-order chi connectivity index (χ0) is 8.69. The predicted molar refractivity (Wildman–Crippen MR) is 43.8 cm³/mol. The van der Waals surface area contributed by atoms with E-state index in [1.165, 1.54) is 0 Å². The van der Waals surface area contributed by atoms with E-state index in [1.54, 1.807) is 0 Å². The number of carbonyl (C=O) groups excluding carboxylic acids is 1. The molecule has 0 saturated carbocycles. The van der Waals surface area contributed by atoms with Crippen LogP contribution in [0.25, 0.3) is 0 Å². The fraction of sp³-hybridized carbons (Fsp3) is 0.875. The van der Waals surface area contributed by atoms with Crippen molar-refractivity contribution in [1.29, 1.82) is 0 Å². The molecule has 3 heteroatoms. The van der Waals surface area contributed by atoms with Crippen molar-refractivity contribution in [3.63, 3.8) is 0 Å². The van der Waals surface area contributed by atoms with E-state index in [-0.39, 0.29) is 5.97 Å². The first-order chi connectivity index (χ1) is 5.16. The minimum absolute atomic E-state index is 0.173. The molecule has 1 N–H and O–H groups in total. The van der Waals surface area contributed by atoms with Crippen molar-refractivity contribution in [2.75, 3.05) is 6.54 Å². The molecule has 0 radical (unpaired) electrons. The highest BCUT2D eigenvalue weighted by molar-refractivity contribution is 5.68. The van der Waals surface area contributed by atoms with Crippen LogP contribution in [0.2, 0.25) is 0 Å². The van der Waals surface area contributed by atoms with Gasteiger partial charge in [0.05, 0.1) is 0 Å². The van der Waals surface area contributed by atoms with Gasteiger partial charge in [0, 0.05) is 13.0 Å². The summed E-state index contributed by atoms with van der Waals surface area (Å²) in [5.41, 5.74) is 2.62. The van der Waals surface area contributed by atoms with Gasteiger partial charge >= 0.3 is 5.97 Å². The highest BCUT2D eigenvalue weighted by atomic mass is 16.7. The van der Waals surface area contributed by atoms with E-state index in [0.717, 1.165) is 13.0 Å². The number of nitrogens with one attached hydrogen (secondary N) is 1. The molecule has 0 aromatic rings. The van der Waals surface area contributed by atoms with Crippen molar-refractivity contribution in [1.82, 2.24) is 5.48 Å². The lowest BCUT2D eigenvalue weighted by atomic mass is 10.2. The first kappa shape index (κ1) is 10.4. The molecule has 0 aliphatic heterocycles.